The highest BCUT2D eigenvalue weighted by Gasteiger charge is 2.53. The molecule has 1 aliphatic carbocycles. The first kappa shape index (κ1) is 32.1. The minimum Gasteiger partial charge on any atom is -0.339 e. The zero-order chi connectivity index (χ0) is 33.7. The van der Waals surface area contributed by atoms with Gasteiger partial charge < -0.3 is 9.80 Å². The molecule has 5 aliphatic rings. The van der Waals surface area contributed by atoms with E-state index in [1.54, 1.807) is 17.2 Å². The predicted molar refractivity (Wildman–Crippen MR) is 183 cm³/mol. The molecule has 8 rings (SSSR count). The topological polar surface area (TPSA) is 135 Å². The van der Waals surface area contributed by atoms with Crippen molar-refractivity contribution in [1.82, 2.24) is 45.3 Å². The van der Waals surface area contributed by atoms with E-state index in [4.69, 9.17) is 11.6 Å². The molecule has 3 aromatic rings. The van der Waals surface area contributed by atoms with Gasteiger partial charge in [0.25, 0.3) is 0 Å². The van der Waals surface area contributed by atoms with Crippen LogP contribution in [0.4, 0.5) is 0 Å². The van der Waals surface area contributed by atoms with E-state index in [9.17, 15) is 14.9 Å². The minimum atomic E-state index is -0.390. The molecule has 2 aromatic heterocycles. The molecule has 4 aliphatic heterocycles. The maximum absolute atomic E-state index is 14.1. The van der Waals surface area contributed by atoms with E-state index < -0.39 is 0 Å². The molecule has 0 bridgehead atoms. The quantitative estimate of drug-likeness (QED) is 0.402. The summed E-state index contributed by atoms with van der Waals surface area (Å²) in [6.07, 6.45) is 10.9. The fourth-order valence-corrected chi connectivity index (χ4v) is 8.99. The monoisotopic (exact) mass is 680 g/mol. The van der Waals surface area contributed by atoms with Crippen LogP contribution in [0.2, 0.25) is 5.02 Å². The third kappa shape index (κ3) is 6.03. The van der Waals surface area contributed by atoms with Crippen molar-refractivity contribution in [2.45, 2.75) is 56.7 Å². The van der Waals surface area contributed by atoms with Crippen molar-refractivity contribution in [2.75, 3.05) is 39.3 Å². The van der Waals surface area contributed by atoms with Crippen LogP contribution in [0.25, 0.3) is 17.0 Å². The van der Waals surface area contributed by atoms with E-state index in [0.29, 0.717) is 43.1 Å². The summed E-state index contributed by atoms with van der Waals surface area (Å²) < 4.78 is 1.70. The van der Waals surface area contributed by atoms with Crippen LogP contribution in [0.1, 0.15) is 61.4 Å². The molecule has 2 amide bonds. The van der Waals surface area contributed by atoms with Crippen molar-refractivity contribution in [3.63, 3.8) is 0 Å². The highest BCUT2D eigenvalue weighted by Crippen LogP contribution is 2.46. The van der Waals surface area contributed by atoms with Crippen LogP contribution in [0.5, 0.6) is 0 Å². The van der Waals surface area contributed by atoms with Gasteiger partial charge in [-0.25, -0.2) is 15.4 Å². The molecule has 4 fully saturated rings. The number of nitrogens with one attached hydrogen (secondary N) is 2. The maximum atomic E-state index is 14.1. The number of nitriles is 1. The van der Waals surface area contributed by atoms with Gasteiger partial charge in [-0.1, -0.05) is 41.9 Å². The number of carbonyl (C=O) groups is 2. The number of nitrogens with zero attached hydrogens (tertiary/aromatic N) is 8. The molecule has 49 heavy (non-hydrogen) atoms. The van der Waals surface area contributed by atoms with Crippen molar-refractivity contribution < 1.29 is 9.59 Å². The average Bonchev–Trinajstić information content (AvgIpc) is 3.92. The summed E-state index contributed by atoms with van der Waals surface area (Å²) in [6.45, 7) is 3.85. The number of likely N-dealkylation sites (tertiary alicyclic amines) is 2. The standard InChI is InChI=1S/C36H41ClN10O2/c1-44-22-40-34(43-44)25-4-2-23(3-5-25)24-8-12-46(13-9-24)32(48)20-45-14-10-36(21-45)11-15-47(35(36)49)27-6-7-30-28(17-27)33(42-41-30)26-16-29(37)31(18-38)39-19-26/h2-5,8,16,19,22,27-28,30,33,41-42H,6-7,9-15,17,20-21H2,1H3/t27?,28?,30?,33?,36-/m0/s1. The number of fused-ring (bicyclic) bond motifs is 1. The van der Waals surface area contributed by atoms with Crippen molar-refractivity contribution in [2.24, 2.45) is 18.4 Å². The first-order valence-electron chi connectivity index (χ1n) is 17.3. The average molecular weight is 681 g/mol. The Morgan fingerprint density at radius 3 is 2.65 bits per heavy atom. The number of hydrogen-bond donors (Lipinski definition) is 2. The smallest absolute Gasteiger partial charge is 0.237 e. The van der Waals surface area contributed by atoms with Crippen LogP contribution in [0.15, 0.2) is 48.9 Å². The SMILES string of the molecule is Cn1cnc(-c2ccc(C3=CCN(C(=O)CN4CC[C@]5(CCN(C6CCC7NNC(c8cnc(C#N)c(Cl)c8)C7C6)C5=O)C4)CC3)cc2)n1. The first-order valence-corrected chi connectivity index (χ1v) is 17.7. The predicted octanol–water partition coefficient (Wildman–Crippen LogP) is 3.33. The lowest BCUT2D eigenvalue weighted by molar-refractivity contribution is -0.139. The molecule has 2 N–H and O–H groups in total. The van der Waals surface area contributed by atoms with Crippen molar-refractivity contribution in [3.8, 4) is 17.5 Å². The van der Waals surface area contributed by atoms with Gasteiger partial charge in [0.1, 0.15) is 12.4 Å². The summed E-state index contributed by atoms with van der Waals surface area (Å²) in [4.78, 5) is 42.4. The molecule has 4 unspecified atom stereocenters. The second-order valence-corrected chi connectivity index (χ2v) is 14.7. The fraction of sp³-hybridized carbons (Fsp3) is 0.500. The number of hydrazine groups is 1. The Balaban J connectivity index is 0.851. The van der Waals surface area contributed by atoms with Gasteiger partial charge in [0.2, 0.25) is 11.8 Å². The van der Waals surface area contributed by atoms with Crippen molar-refractivity contribution in [1.29, 1.82) is 5.26 Å². The summed E-state index contributed by atoms with van der Waals surface area (Å²) in [5, 5.41) is 14.0. The van der Waals surface area contributed by atoms with E-state index in [2.05, 4.69) is 53.9 Å². The summed E-state index contributed by atoms with van der Waals surface area (Å²) in [7, 11) is 1.86. The van der Waals surface area contributed by atoms with E-state index in [1.807, 2.05) is 36.2 Å². The number of amides is 2. The Morgan fingerprint density at radius 2 is 1.92 bits per heavy atom. The third-order valence-corrected chi connectivity index (χ3v) is 11.8. The van der Waals surface area contributed by atoms with E-state index in [-0.39, 0.29) is 40.9 Å². The Kier molecular flexibility index (Phi) is 8.48. The molecular formula is C36H41ClN10O2. The minimum absolute atomic E-state index is 0.0150. The number of pyridine rings is 1. The van der Waals surface area contributed by atoms with Crippen molar-refractivity contribution >= 4 is 29.0 Å². The number of aromatic nitrogens is 4. The van der Waals surface area contributed by atoms with Gasteiger partial charge in [0, 0.05) is 57.1 Å². The van der Waals surface area contributed by atoms with Gasteiger partial charge in [-0.15, -0.1) is 0 Å². The van der Waals surface area contributed by atoms with Crippen LogP contribution >= 0.6 is 11.6 Å². The van der Waals surface area contributed by atoms with Crippen LogP contribution in [0, 0.1) is 22.7 Å². The molecule has 5 atom stereocenters. The van der Waals surface area contributed by atoms with Gasteiger partial charge >= 0.3 is 0 Å². The largest absolute Gasteiger partial charge is 0.339 e. The summed E-state index contributed by atoms with van der Waals surface area (Å²) in [6, 6.07) is 12.7. The van der Waals surface area contributed by atoms with E-state index in [1.165, 1.54) is 5.57 Å². The van der Waals surface area contributed by atoms with Gasteiger partial charge in [0.05, 0.1) is 23.0 Å². The number of benzene rings is 1. The molecular weight excluding hydrogens is 640 g/mol. The van der Waals surface area contributed by atoms with Crippen LogP contribution in [-0.2, 0) is 16.6 Å². The number of halogens is 1. The first-order chi connectivity index (χ1) is 23.8. The molecule has 254 valence electrons. The Bertz CT molecular complexity index is 1840. The summed E-state index contributed by atoms with van der Waals surface area (Å²) in [5.74, 6) is 1.40. The van der Waals surface area contributed by atoms with Crippen LogP contribution in [-0.4, -0.2) is 97.6 Å². The molecule has 1 spiro atoms. The van der Waals surface area contributed by atoms with Gasteiger partial charge in [-0.3, -0.25) is 24.6 Å². The highest BCUT2D eigenvalue weighted by atomic mass is 35.5. The molecule has 1 saturated carbocycles. The molecule has 3 saturated heterocycles. The fourth-order valence-electron chi connectivity index (χ4n) is 8.77. The Morgan fingerprint density at radius 1 is 1.10 bits per heavy atom. The summed E-state index contributed by atoms with van der Waals surface area (Å²) in [5.41, 5.74) is 11.1. The second-order valence-electron chi connectivity index (χ2n) is 14.3. The van der Waals surface area contributed by atoms with Crippen molar-refractivity contribution in [3.05, 3.63) is 70.8 Å². The maximum Gasteiger partial charge on any atom is 0.237 e. The highest BCUT2D eigenvalue weighted by molar-refractivity contribution is 6.31. The van der Waals surface area contributed by atoms with Gasteiger partial charge in [0.15, 0.2) is 11.5 Å². The molecule has 1 aromatic carbocycles. The number of hydrogen-bond acceptors (Lipinski definition) is 9. The number of carbonyl (C=O) groups excluding carboxylic acids is 2. The molecule has 12 nitrogen and oxygen atoms in total. The van der Waals surface area contributed by atoms with E-state index >= 15 is 0 Å². The number of aryl methyl sites for hydroxylation is 1. The zero-order valence-corrected chi connectivity index (χ0v) is 28.4. The Hall–Kier alpha value is -4.15. The lowest BCUT2D eigenvalue weighted by Gasteiger charge is -2.38. The third-order valence-electron chi connectivity index (χ3n) is 11.5. The summed E-state index contributed by atoms with van der Waals surface area (Å²) >= 11 is 6.32. The van der Waals surface area contributed by atoms with Gasteiger partial charge in [-0.05, 0) is 73.8 Å². The second kappa shape index (κ2) is 12.9. The molecule has 0 radical (unpaired) electrons. The van der Waals surface area contributed by atoms with Crippen LogP contribution in [0.3, 0.4) is 0 Å². The Labute approximate surface area is 291 Å². The van der Waals surface area contributed by atoms with Gasteiger partial charge in [-0.2, -0.15) is 10.4 Å². The normalized spacial score (nSPS) is 28.6. The zero-order valence-electron chi connectivity index (χ0n) is 27.7. The molecule has 13 heteroatoms. The lowest BCUT2D eigenvalue weighted by Crippen LogP contribution is -2.47. The molecule has 6 heterocycles. The lowest BCUT2D eigenvalue weighted by atomic mass is 9.77. The van der Waals surface area contributed by atoms with E-state index in [0.717, 1.165) is 68.3 Å². The number of rotatable bonds is 6. The van der Waals surface area contributed by atoms with Crippen LogP contribution < -0.4 is 10.9 Å².